The molecule has 0 atom stereocenters. The molecule has 0 amide bonds. The van der Waals surface area contributed by atoms with Crippen molar-refractivity contribution in [2.45, 2.75) is 0 Å². The zero-order valence-corrected chi connectivity index (χ0v) is 7.98. The van der Waals surface area contributed by atoms with E-state index in [1.807, 2.05) is 0 Å². The van der Waals surface area contributed by atoms with Gasteiger partial charge in [-0.3, -0.25) is 4.79 Å². The first kappa shape index (κ1) is 9.39. The number of ether oxygens (including phenoxy) is 1. The van der Waals surface area contributed by atoms with Gasteiger partial charge in [0.25, 0.3) is 5.78 Å². The van der Waals surface area contributed by atoms with Crippen molar-refractivity contribution in [3.05, 3.63) is 30.1 Å². The van der Waals surface area contributed by atoms with Crippen molar-refractivity contribution in [3.63, 3.8) is 0 Å². The lowest BCUT2D eigenvalue weighted by atomic mass is 10.1. The zero-order chi connectivity index (χ0) is 10.8. The second-order valence-electron chi connectivity index (χ2n) is 2.92. The Kier molecular flexibility index (Phi) is 2.21. The van der Waals surface area contributed by atoms with Gasteiger partial charge in [0.05, 0.1) is 12.7 Å². The number of pyridine rings is 1. The van der Waals surface area contributed by atoms with Crippen LogP contribution in [0.2, 0.25) is 0 Å². The summed E-state index contributed by atoms with van der Waals surface area (Å²) in [4.78, 5) is 29.4. The van der Waals surface area contributed by atoms with Gasteiger partial charge in [0.15, 0.2) is 0 Å². The average molecular weight is 204 g/mol. The molecule has 2 rings (SSSR count). The number of nitrogens with zero attached hydrogens (tertiary/aromatic N) is 1. The highest BCUT2D eigenvalue weighted by atomic mass is 16.5. The van der Waals surface area contributed by atoms with Gasteiger partial charge in [-0.15, -0.1) is 0 Å². The molecule has 0 fully saturated rings. The van der Waals surface area contributed by atoms with E-state index in [0.717, 1.165) is 0 Å². The Morgan fingerprint density at radius 3 is 3.00 bits per heavy atom. The Labute approximate surface area is 85.1 Å². The summed E-state index contributed by atoms with van der Waals surface area (Å²) < 4.78 is 4.36. The number of Topliss-reactive ketones (excluding diaryl/α,β-unsaturated/α-hetero) is 1. The van der Waals surface area contributed by atoms with Gasteiger partial charge in [0.2, 0.25) is 0 Å². The zero-order valence-electron chi connectivity index (χ0n) is 7.98. The number of methoxy groups -OCH3 is 1. The van der Waals surface area contributed by atoms with Gasteiger partial charge in [-0.05, 0) is 12.1 Å². The number of rotatable bonds is 2. The van der Waals surface area contributed by atoms with E-state index in [4.69, 9.17) is 0 Å². The van der Waals surface area contributed by atoms with Gasteiger partial charge in [-0.1, -0.05) is 0 Å². The predicted molar refractivity (Wildman–Crippen MR) is 52.4 cm³/mol. The topological polar surface area (TPSA) is 72.1 Å². The molecule has 0 radical (unpaired) electrons. The maximum Gasteiger partial charge on any atom is 0.379 e. The van der Waals surface area contributed by atoms with Crippen molar-refractivity contribution in [1.82, 2.24) is 9.97 Å². The van der Waals surface area contributed by atoms with Crippen LogP contribution in [0.1, 0.15) is 10.4 Å². The molecular formula is C10H8N2O3. The third-order valence-corrected chi connectivity index (χ3v) is 2.07. The minimum atomic E-state index is -0.875. The number of hydrogen-bond donors (Lipinski definition) is 1. The Morgan fingerprint density at radius 1 is 1.47 bits per heavy atom. The number of esters is 1. The molecule has 5 heteroatoms. The second-order valence-corrected chi connectivity index (χ2v) is 2.92. The van der Waals surface area contributed by atoms with E-state index in [0.29, 0.717) is 11.0 Å². The first-order chi connectivity index (χ1) is 7.24. The van der Waals surface area contributed by atoms with Crippen LogP contribution in [0.4, 0.5) is 0 Å². The minimum Gasteiger partial charge on any atom is -0.463 e. The summed E-state index contributed by atoms with van der Waals surface area (Å²) in [5, 5.41) is 0.618. The summed E-state index contributed by atoms with van der Waals surface area (Å²) in [6.07, 6.45) is 3.06. The highest BCUT2D eigenvalue weighted by Gasteiger charge is 2.20. The van der Waals surface area contributed by atoms with Crippen LogP contribution >= 0.6 is 0 Å². The average Bonchev–Trinajstić information content (AvgIpc) is 2.70. The third-order valence-electron chi connectivity index (χ3n) is 2.07. The summed E-state index contributed by atoms with van der Waals surface area (Å²) in [5.41, 5.74) is 0.856. The Balaban J connectivity index is 2.53. The van der Waals surface area contributed by atoms with E-state index in [2.05, 4.69) is 14.7 Å². The van der Waals surface area contributed by atoms with Crippen LogP contribution in [0.25, 0.3) is 11.0 Å². The molecule has 0 aromatic carbocycles. The van der Waals surface area contributed by atoms with Gasteiger partial charge >= 0.3 is 5.97 Å². The van der Waals surface area contributed by atoms with E-state index < -0.39 is 11.8 Å². The Hall–Kier alpha value is -2.17. The molecule has 15 heavy (non-hydrogen) atoms. The fraction of sp³-hybridized carbons (Fsp3) is 0.100. The van der Waals surface area contributed by atoms with E-state index in [1.165, 1.54) is 13.3 Å². The molecule has 0 unspecified atom stereocenters. The van der Waals surface area contributed by atoms with Crippen molar-refractivity contribution >= 4 is 22.8 Å². The predicted octanol–water partition coefficient (Wildman–Crippen LogP) is 0.919. The number of hydrogen-bond acceptors (Lipinski definition) is 4. The maximum atomic E-state index is 11.5. The number of aromatic nitrogens is 2. The summed E-state index contributed by atoms with van der Waals surface area (Å²) in [7, 11) is 1.17. The first-order valence-electron chi connectivity index (χ1n) is 4.29. The van der Waals surface area contributed by atoms with Gasteiger partial charge in [0.1, 0.15) is 5.65 Å². The lowest BCUT2D eigenvalue weighted by molar-refractivity contribution is -0.135. The highest BCUT2D eigenvalue weighted by molar-refractivity contribution is 6.42. The molecule has 0 saturated heterocycles. The van der Waals surface area contributed by atoms with Gasteiger partial charge in [-0.2, -0.15) is 0 Å². The van der Waals surface area contributed by atoms with Crippen molar-refractivity contribution in [2.24, 2.45) is 0 Å². The SMILES string of the molecule is COC(=O)C(=O)c1c[nH]c2ncccc12. The van der Waals surface area contributed by atoms with E-state index in [9.17, 15) is 9.59 Å². The number of fused-ring (bicyclic) bond motifs is 1. The lowest BCUT2D eigenvalue weighted by Crippen LogP contribution is -2.15. The summed E-state index contributed by atoms with van der Waals surface area (Å²) in [6, 6.07) is 3.42. The quantitative estimate of drug-likeness (QED) is 0.448. The van der Waals surface area contributed by atoms with Crippen LogP contribution in [-0.4, -0.2) is 28.8 Å². The van der Waals surface area contributed by atoms with Crippen LogP contribution in [0.5, 0.6) is 0 Å². The molecule has 0 aliphatic heterocycles. The van der Waals surface area contributed by atoms with E-state index >= 15 is 0 Å². The highest BCUT2D eigenvalue weighted by Crippen LogP contribution is 2.16. The number of ketones is 1. The van der Waals surface area contributed by atoms with Gasteiger partial charge < -0.3 is 9.72 Å². The standard InChI is InChI=1S/C10H8N2O3/c1-15-10(14)8(13)7-5-12-9-6(7)3-2-4-11-9/h2-5H,1H3,(H,11,12). The lowest BCUT2D eigenvalue weighted by Gasteiger charge is -1.95. The van der Waals surface area contributed by atoms with E-state index in [-0.39, 0.29) is 5.56 Å². The molecule has 2 aromatic rings. The van der Waals surface area contributed by atoms with Crippen molar-refractivity contribution in [2.75, 3.05) is 7.11 Å². The number of nitrogens with one attached hydrogen (secondary N) is 1. The smallest absolute Gasteiger partial charge is 0.379 e. The number of H-pyrrole nitrogens is 1. The van der Waals surface area contributed by atoms with Crippen molar-refractivity contribution < 1.29 is 14.3 Å². The number of carbonyl (C=O) groups excluding carboxylic acids is 2. The summed E-state index contributed by atoms with van der Waals surface area (Å²) in [6.45, 7) is 0. The van der Waals surface area contributed by atoms with E-state index in [1.54, 1.807) is 18.3 Å². The summed E-state index contributed by atoms with van der Waals surface area (Å²) >= 11 is 0. The molecule has 0 aliphatic rings. The molecule has 5 nitrogen and oxygen atoms in total. The van der Waals surface area contributed by atoms with Gasteiger partial charge in [-0.25, -0.2) is 9.78 Å². The van der Waals surface area contributed by atoms with Crippen LogP contribution in [-0.2, 0) is 9.53 Å². The molecule has 76 valence electrons. The minimum absolute atomic E-state index is 0.282. The molecule has 0 aliphatic carbocycles. The fourth-order valence-corrected chi connectivity index (χ4v) is 1.35. The molecule has 0 spiro atoms. The largest absolute Gasteiger partial charge is 0.463 e. The molecule has 2 aromatic heterocycles. The van der Waals surface area contributed by atoms with Crippen molar-refractivity contribution in [3.8, 4) is 0 Å². The number of carbonyl (C=O) groups is 2. The van der Waals surface area contributed by atoms with Crippen LogP contribution in [0.15, 0.2) is 24.5 Å². The first-order valence-corrected chi connectivity index (χ1v) is 4.29. The molecule has 2 heterocycles. The Morgan fingerprint density at radius 2 is 2.27 bits per heavy atom. The fourth-order valence-electron chi connectivity index (χ4n) is 1.35. The van der Waals surface area contributed by atoms with Crippen LogP contribution in [0.3, 0.4) is 0 Å². The van der Waals surface area contributed by atoms with Crippen LogP contribution < -0.4 is 0 Å². The monoisotopic (exact) mass is 204 g/mol. The normalized spacial score (nSPS) is 10.2. The number of aromatic amines is 1. The van der Waals surface area contributed by atoms with Crippen LogP contribution in [0, 0.1) is 0 Å². The third kappa shape index (κ3) is 1.48. The Bertz CT molecular complexity index is 530. The summed E-state index contributed by atoms with van der Waals surface area (Å²) in [5.74, 6) is -1.54. The second kappa shape index (κ2) is 3.53. The molecule has 0 saturated carbocycles. The molecule has 1 N–H and O–H groups in total. The van der Waals surface area contributed by atoms with Gasteiger partial charge in [0, 0.05) is 17.8 Å². The maximum absolute atomic E-state index is 11.5. The molecule has 0 bridgehead atoms. The van der Waals surface area contributed by atoms with Crippen molar-refractivity contribution in [1.29, 1.82) is 0 Å². The molecular weight excluding hydrogens is 196 g/mol.